The van der Waals surface area contributed by atoms with Crippen molar-refractivity contribution in [3.63, 3.8) is 0 Å². The van der Waals surface area contributed by atoms with Crippen molar-refractivity contribution in [3.8, 4) is 6.07 Å². The predicted molar refractivity (Wildman–Crippen MR) is 54.2 cm³/mol. The lowest BCUT2D eigenvalue weighted by Crippen LogP contribution is -2.39. The summed E-state index contributed by atoms with van der Waals surface area (Å²) in [6.07, 6.45) is -0.174. The molecule has 0 radical (unpaired) electrons. The molecule has 2 rings (SSSR count). The summed E-state index contributed by atoms with van der Waals surface area (Å²) in [5.41, 5.74) is 1.10. The van der Waals surface area contributed by atoms with E-state index in [1.54, 1.807) is 24.3 Å². The largest absolute Gasteiger partial charge is 0.340 e. The Balaban J connectivity index is 2.20. The molecule has 0 atom stereocenters. The van der Waals surface area contributed by atoms with Crippen molar-refractivity contribution in [3.05, 3.63) is 29.8 Å². The Hall–Kier alpha value is -2.35. The summed E-state index contributed by atoms with van der Waals surface area (Å²) in [7, 11) is 0. The van der Waals surface area contributed by atoms with Gasteiger partial charge in [0.25, 0.3) is 0 Å². The third kappa shape index (κ3) is 2.01. The number of benzene rings is 1. The summed E-state index contributed by atoms with van der Waals surface area (Å²) in [6.45, 7) is 0.0532. The Morgan fingerprint density at radius 1 is 1.25 bits per heavy atom. The van der Waals surface area contributed by atoms with Crippen LogP contribution in [0.3, 0.4) is 0 Å². The van der Waals surface area contributed by atoms with Gasteiger partial charge in [-0.1, -0.05) is 0 Å². The third-order valence-electron chi connectivity index (χ3n) is 2.16. The molecular weight excluding hydrogens is 208 g/mol. The quantitative estimate of drug-likeness (QED) is 0.649. The van der Waals surface area contributed by atoms with Crippen molar-refractivity contribution in [2.75, 3.05) is 11.6 Å². The van der Waals surface area contributed by atoms with Gasteiger partial charge in [-0.2, -0.15) is 10.3 Å². The molecule has 5 heteroatoms. The number of rotatable bonds is 1. The second-order valence-corrected chi connectivity index (χ2v) is 3.37. The molecule has 0 aliphatic carbocycles. The highest BCUT2D eigenvalue weighted by Crippen LogP contribution is 2.18. The number of hydrogen-bond donors (Lipinski definition) is 0. The molecule has 0 unspecified atom stereocenters. The zero-order valence-corrected chi connectivity index (χ0v) is 8.34. The molecule has 80 valence electrons. The fourth-order valence-electron chi connectivity index (χ4n) is 1.41. The summed E-state index contributed by atoms with van der Waals surface area (Å²) in [6, 6.07) is 8.44. The Morgan fingerprint density at radius 3 is 2.50 bits per heavy atom. The molecule has 1 aliphatic heterocycles. The smallest absolute Gasteiger partial charge is 0.339 e. The molecule has 0 spiro atoms. The van der Waals surface area contributed by atoms with Crippen LogP contribution in [-0.4, -0.2) is 18.3 Å². The average Bonchev–Trinajstić information content (AvgIpc) is 2.28. The molecule has 1 fully saturated rings. The first-order chi connectivity index (χ1) is 7.69. The van der Waals surface area contributed by atoms with Crippen LogP contribution in [0.1, 0.15) is 12.0 Å². The first-order valence-electron chi connectivity index (χ1n) is 4.69. The zero-order valence-electron chi connectivity index (χ0n) is 8.34. The minimum atomic E-state index is -0.555. The van der Waals surface area contributed by atoms with E-state index < -0.39 is 5.97 Å². The Kier molecular flexibility index (Phi) is 2.56. The number of nitrogens with zero attached hydrogens (tertiary/aromatic N) is 2. The summed E-state index contributed by atoms with van der Waals surface area (Å²) in [5, 5.41) is 9.85. The number of Topliss-reactive ketones (excluding diaryl/α,β-unsaturated/α-hetero) is 1. The molecule has 1 saturated heterocycles. The molecule has 1 aromatic carbocycles. The molecule has 1 aliphatic rings. The second-order valence-electron chi connectivity index (χ2n) is 3.37. The van der Waals surface area contributed by atoms with Crippen molar-refractivity contribution < 1.29 is 14.4 Å². The molecular formula is C11H8N2O3. The van der Waals surface area contributed by atoms with Crippen LogP contribution in [0.15, 0.2) is 24.3 Å². The van der Waals surface area contributed by atoms with Crippen molar-refractivity contribution in [2.24, 2.45) is 0 Å². The number of ketones is 1. The van der Waals surface area contributed by atoms with E-state index in [1.807, 2.05) is 6.07 Å². The fraction of sp³-hybridized carbons (Fsp3) is 0.182. The molecule has 0 saturated carbocycles. The van der Waals surface area contributed by atoms with Crippen molar-refractivity contribution in [2.45, 2.75) is 6.42 Å². The maximum Gasteiger partial charge on any atom is 0.339 e. The van der Waals surface area contributed by atoms with Crippen LogP contribution in [0.25, 0.3) is 0 Å². The number of nitriles is 1. The molecule has 0 aromatic heterocycles. The van der Waals surface area contributed by atoms with Crippen LogP contribution in [0.4, 0.5) is 5.69 Å². The van der Waals surface area contributed by atoms with Crippen molar-refractivity contribution in [1.82, 2.24) is 0 Å². The van der Waals surface area contributed by atoms with Crippen LogP contribution in [0, 0.1) is 11.3 Å². The van der Waals surface area contributed by atoms with Crippen LogP contribution >= 0.6 is 0 Å². The first kappa shape index (κ1) is 10.2. The highest BCUT2D eigenvalue weighted by Gasteiger charge is 2.25. The molecule has 5 nitrogen and oxygen atoms in total. The van der Waals surface area contributed by atoms with Crippen molar-refractivity contribution in [1.29, 1.82) is 5.26 Å². The van der Waals surface area contributed by atoms with Crippen molar-refractivity contribution >= 4 is 17.4 Å². The molecule has 1 aromatic rings. The zero-order chi connectivity index (χ0) is 11.5. The van der Waals surface area contributed by atoms with E-state index in [4.69, 9.17) is 10.1 Å². The van der Waals surface area contributed by atoms with Crippen LogP contribution < -0.4 is 5.06 Å². The van der Waals surface area contributed by atoms with Crippen LogP contribution in [-0.2, 0) is 14.4 Å². The van der Waals surface area contributed by atoms with Gasteiger partial charge in [-0.05, 0) is 24.3 Å². The van der Waals surface area contributed by atoms with Crippen LogP contribution in [0.2, 0.25) is 0 Å². The Bertz CT molecular complexity index is 457. The summed E-state index contributed by atoms with van der Waals surface area (Å²) >= 11 is 0. The minimum Gasteiger partial charge on any atom is -0.340 e. The maximum atomic E-state index is 11.2. The van der Waals surface area contributed by atoms with Gasteiger partial charge < -0.3 is 4.84 Å². The number of hydroxylamine groups is 1. The third-order valence-corrected chi connectivity index (χ3v) is 2.16. The molecule has 0 amide bonds. The first-order valence-corrected chi connectivity index (χ1v) is 4.69. The topological polar surface area (TPSA) is 70.4 Å². The van der Waals surface area contributed by atoms with Gasteiger partial charge in [0.2, 0.25) is 0 Å². The molecule has 0 bridgehead atoms. The summed E-state index contributed by atoms with van der Waals surface area (Å²) in [5.74, 6) is -0.735. The van der Waals surface area contributed by atoms with Gasteiger partial charge in [0, 0.05) is 0 Å². The van der Waals surface area contributed by atoms with Gasteiger partial charge in [0.1, 0.15) is 13.0 Å². The monoisotopic (exact) mass is 216 g/mol. The van der Waals surface area contributed by atoms with E-state index in [9.17, 15) is 9.59 Å². The minimum absolute atomic E-state index is 0.0532. The molecule has 16 heavy (non-hydrogen) atoms. The molecule has 1 heterocycles. The van der Waals surface area contributed by atoms with Crippen LogP contribution in [0.5, 0.6) is 0 Å². The van der Waals surface area contributed by atoms with Gasteiger partial charge >= 0.3 is 5.97 Å². The highest BCUT2D eigenvalue weighted by molar-refractivity contribution is 6.00. The van der Waals surface area contributed by atoms with Gasteiger partial charge in [0.05, 0.1) is 17.3 Å². The summed E-state index contributed by atoms with van der Waals surface area (Å²) in [4.78, 5) is 27.1. The standard InChI is InChI=1S/C11H8N2O3/c12-6-8-1-3-9(4-2-8)13-7-10(14)5-11(15)16-13/h1-4H,5,7H2. The lowest BCUT2D eigenvalue weighted by molar-refractivity contribution is -0.151. The lowest BCUT2D eigenvalue weighted by atomic mass is 10.2. The number of carbonyl (C=O) groups is 2. The van der Waals surface area contributed by atoms with E-state index in [0.717, 1.165) is 0 Å². The summed E-state index contributed by atoms with van der Waals surface area (Å²) < 4.78 is 0. The maximum absolute atomic E-state index is 11.2. The van der Waals surface area contributed by atoms with Gasteiger partial charge in [0.15, 0.2) is 5.78 Å². The second kappa shape index (κ2) is 4.03. The number of anilines is 1. The Morgan fingerprint density at radius 2 is 1.94 bits per heavy atom. The van der Waals surface area contributed by atoms with Gasteiger partial charge in [-0.15, -0.1) is 0 Å². The van der Waals surface area contributed by atoms with E-state index in [1.165, 1.54) is 5.06 Å². The predicted octanol–water partition coefficient (Wildman–Crippen LogP) is 0.796. The van der Waals surface area contributed by atoms with E-state index >= 15 is 0 Å². The fourth-order valence-corrected chi connectivity index (χ4v) is 1.41. The van der Waals surface area contributed by atoms with E-state index in [0.29, 0.717) is 11.3 Å². The average molecular weight is 216 g/mol. The van der Waals surface area contributed by atoms with E-state index in [2.05, 4.69) is 0 Å². The number of carbonyl (C=O) groups excluding carboxylic acids is 2. The SMILES string of the molecule is N#Cc1ccc(N2CC(=O)CC(=O)O2)cc1. The van der Waals surface area contributed by atoms with E-state index in [-0.39, 0.29) is 18.7 Å². The molecule has 0 N–H and O–H groups in total. The van der Waals surface area contributed by atoms with Gasteiger partial charge in [-0.25, -0.2) is 4.79 Å². The normalized spacial score (nSPS) is 15.6. The Labute approximate surface area is 91.8 Å². The lowest BCUT2D eigenvalue weighted by Gasteiger charge is -2.25. The highest BCUT2D eigenvalue weighted by atomic mass is 16.7. The van der Waals surface area contributed by atoms with Gasteiger partial charge in [-0.3, -0.25) is 4.79 Å². The number of hydrogen-bond acceptors (Lipinski definition) is 5.